The molecule has 0 aliphatic heterocycles. The van der Waals surface area contributed by atoms with Gasteiger partial charge in [0, 0.05) is 0 Å². The average Bonchev–Trinajstić information content (AvgIpc) is 2.17. The summed E-state index contributed by atoms with van der Waals surface area (Å²) in [6.45, 7) is 4.83. The molecule has 1 aliphatic carbocycles. The van der Waals surface area contributed by atoms with Crippen molar-refractivity contribution in [3.63, 3.8) is 0 Å². The molecule has 1 saturated carbocycles. The fourth-order valence-electron chi connectivity index (χ4n) is 1.33. The van der Waals surface area contributed by atoms with E-state index in [0.29, 0.717) is 0 Å². The van der Waals surface area contributed by atoms with Crippen molar-refractivity contribution in [2.45, 2.75) is 25.7 Å². The Hall–Kier alpha value is -0.0400. The highest BCUT2D eigenvalue weighted by Gasteiger charge is 2.26. The van der Waals surface area contributed by atoms with Crippen molar-refractivity contribution in [3.8, 4) is 0 Å². The molecule has 0 aromatic carbocycles. The van der Waals surface area contributed by atoms with Crippen molar-refractivity contribution in [1.29, 1.82) is 0 Å². The summed E-state index contributed by atoms with van der Waals surface area (Å²) in [7, 11) is 0. The number of nitrogens with two attached hydrogens (primary N) is 1. The summed E-state index contributed by atoms with van der Waals surface area (Å²) < 4.78 is 0. The SMILES string of the molecule is [CH2]C1(CN)CCCC1. The summed E-state index contributed by atoms with van der Waals surface area (Å²) in [6, 6.07) is 0. The van der Waals surface area contributed by atoms with Gasteiger partial charge in [0.05, 0.1) is 0 Å². The third-order valence-electron chi connectivity index (χ3n) is 2.10. The van der Waals surface area contributed by atoms with Crippen molar-refractivity contribution < 1.29 is 0 Å². The molecule has 2 N–H and O–H groups in total. The first kappa shape index (κ1) is 6.09. The first-order valence-electron chi connectivity index (χ1n) is 3.32. The molecule has 1 rings (SSSR count). The summed E-state index contributed by atoms with van der Waals surface area (Å²) in [5.41, 5.74) is 5.77. The highest BCUT2D eigenvalue weighted by Crippen LogP contribution is 2.35. The van der Waals surface area contributed by atoms with Crippen molar-refractivity contribution in [3.05, 3.63) is 6.92 Å². The second-order valence-electron chi connectivity index (χ2n) is 2.91. The molecule has 0 saturated heterocycles. The van der Waals surface area contributed by atoms with E-state index in [0.717, 1.165) is 6.54 Å². The second kappa shape index (κ2) is 2.06. The molecule has 8 heavy (non-hydrogen) atoms. The first-order valence-corrected chi connectivity index (χ1v) is 3.32. The molecule has 1 radical (unpaired) electrons. The Morgan fingerprint density at radius 3 is 2.12 bits per heavy atom. The average molecular weight is 112 g/mol. The van der Waals surface area contributed by atoms with Crippen LogP contribution in [0.25, 0.3) is 0 Å². The normalized spacial score (nSPS) is 26.2. The minimum absolute atomic E-state index is 0.264. The van der Waals surface area contributed by atoms with Gasteiger partial charge in [-0.15, -0.1) is 0 Å². The van der Waals surface area contributed by atoms with Gasteiger partial charge in [-0.1, -0.05) is 12.8 Å². The Kier molecular flexibility index (Phi) is 1.57. The Morgan fingerprint density at radius 1 is 1.38 bits per heavy atom. The topological polar surface area (TPSA) is 26.0 Å². The van der Waals surface area contributed by atoms with Gasteiger partial charge in [0.15, 0.2) is 0 Å². The van der Waals surface area contributed by atoms with Gasteiger partial charge in [-0.25, -0.2) is 0 Å². The molecule has 0 heterocycles. The van der Waals surface area contributed by atoms with E-state index in [4.69, 9.17) is 5.73 Å². The smallest absolute Gasteiger partial charge is 0.00205 e. The fraction of sp³-hybridized carbons (Fsp3) is 0.857. The minimum Gasteiger partial charge on any atom is -0.330 e. The van der Waals surface area contributed by atoms with Gasteiger partial charge in [0.25, 0.3) is 0 Å². The molecule has 0 aromatic heterocycles. The van der Waals surface area contributed by atoms with Crippen LogP contribution in [-0.2, 0) is 0 Å². The van der Waals surface area contributed by atoms with Crippen LogP contribution in [0.4, 0.5) is 0 Å². The molecule has 1 nitrogen and oxygen atoms in total. The maximum atomic E-state index is 5.51. The zero-order valence-corrected chi connectivity index (χ0v) is 5.32. The van der Waals surface area contributed by atoms with Crippen LogP contribution in [0.5, 0.6) is 0 Å². The number of hydrogen-bond donors (Lipinski definition) is 1. The molecule has 0 atom stereocenters. The molecule has 1 aliphatic rings. The van der Waals surface area contributed by atoms with Gasteiger partial charge >= 0.3 is 0 Å². The third-order valence-corrected chi connectivity index (χ3v) is 2.10. The van der Waals surface area contributed by atoms with Crippen LogP contribution in [0.2, 0.25) is 0 Å². The summed E-state index contributed by atoms with van der Waals surface area (Å²) in [5.74, 6) is 0. The van der Waals surface area contributed by atoms with E-state index in [1.54, 1.807) is 0 Å². The monoisotopic (exact) mass is 112 g/mol. The van der Waals surface area contributed by atoms with E-state index in [9.17, 15) is 0 Å². The number of rotatable bonds is 1. The number of hydrogen-bond acceptors (Lipinski definition) is 1. The largest absolute Gasteiger partial charge is 0.330 e. The minimum atomic E-state index is 0.264. The zero-order valence-electron chi connectivity index (χ0n) is 5.32. The van der Waals surface area contributed by atoms with E-state index in [1.165, 1.54) is 25.7 Å². The maximum Gasteiger partial charge on any atom is -0.00205 e. The lowest BCUT2D eigenvalue weighted by atomic mass is 9.89. The van der Waals surface area contributed by atoms with Crippen LogP contribution >= 0.6 is 0 Å². The molecule has 0 aromatic rings. The van der Waals surface area contributed by atoms with Crippen LogP contribution in [0.3, 0.4) is 0 Å². The van der Waals surface area contributed by atoms with Crippen LogP contribution in [0.1, 0.15) is 25.7 Å². The lowest BCUT2D eigenvalue weighted by molar-refractivity contribution is 0.405. The van der Waals surface area contributed by atoms with Gasteiger partial charge in [0.1, 0.15) is 0 Å². The molecule has 0 bridgehead atoms. The van der Waals surface area contributed by atoms with E-state index in [1.807, 2.05) is 0 Å². The summed E-state index contributed by atoms with van der Waals surface area (Å²) >= 11 is 0. The summed E-state index contributed by atoms with van der Waals surface area (Å²) in [5, 5.41) is 0. The van der Waals surface area contributed by atoms with Gasteiger partial charge < -0.3 is 5.73 Å². The third kappa shape index (κ3) is 1.03. The zero-order chi connectivity index (χ0) is 6.04. The first-order chi connectivity index (χ1) is 3.77. The highest BCUT2D eigenvalue weighted by atomic mass is 14.6. The Balaban J connectivity index is 2.40. The van der Waals surface area contributed by atoms with Gasteiger partial charge in [-0.2, -0.15) is 0 Å². The predicted molar refractivity (Wildman–Crippen MR) is 35.3 cm³/mol. The van der Waals surface area contributed by atoms with E-state index in [2.05, 4.69) is 6.92 Å². The quantitative estimate of drug-likeness (QED) is 0.544. The van der Waals surface area contributed by atoms with Crippen molar-refractivity contribution in [1.82, 2.24) is 0 Å². The molecule has 47 valence electrons. The molecular formula is C7H14N. The van der Waals surface area contributed by atoms with E-state index < -0.39 is 0 Å². The van der Waals surface area contributed by atoms with Crippen LogP contribution in [-0.4, -0.2) is 6.54 Å². The van der Waals surface area contributed by atoms with Crippen molar-refractivity contribution in [2.24, 2.45) is 11.1 Å². The van der Waals surface area contributed by atoms with Crippen LogP contribution in [0, 0.1) is 12.3 Å². The van der Waals surface area contributed by atoms with Crippen LogP contribution < -0.4 is 5.73 Å². The Labute approximate surface area is 51.3 Å². The lowest BCUT2D eigenvalue weighted by Gasteiger charge is -2.19. The molecule has 0 spiro atoms. The van der Waals surface area contributed by atoms with E-state index >= 15 is 0 Å². The fourth-order valence-corrected chi connectivity index (χ4v) is 1.33. The second-order valence-corrected chi connectivity index (χ2v) is 2.91. The lowest BCUT2D eigenvalue weighted by Crippen LogP contribution is -2.23. The van der Waals surface area contributed by atoms with E-state index in [-0.39, 0.29) is 5.41 Å². The van der Waals surface area contributed by atoms with Gasteiger partial charge in [-0.3, -0.25) is 0 Å². The summed E-state index contributed by atoms with van der Waals surface area (Å²) in [4.78, 5) is 0. The molecule has 0 unspecified atom stereocenters. The Morgan fingerprint density at radius 2 is 1.88 bits per heavy atom. The molecule has 1 heteroatoms. The standard InChI is InChI=1S/C7H14N/c1-7(6-8)4-2-3-5-7/h1-6,8H2. The molecule has 1 fully saturated rings. The van der Waals surface area contributed by atoms with Gasteiger partial charge in [-0.05, 0) is 31.7 Å². The van der Waals surface area contributed by atoms with Crippen molar-refractivity contribution >= 4 is 0 Å². The highest BCUT2D eigenvalue weighted by molar-refractivity contribution is 4.87. The summed E-state index contributed by atoms with van der Waals surface area (Å²) in [6.07, 6.45) is 5.15. The van der Waals surface area contributed by atoms with Crippen molar-refractivity contribution in [2.75, 3.05) is 6.54 Å². The van der Waals surface area contributed by atoms with Crippen LogP contribution in [0.15, 0.2) is 0 Å². The maximum absolute atomic E-state index is 5.51. The van der Waals surface area contributed by atoms with Gasteiger partial charge in [0.2, 0.25) is 0 Å². The predicted octanol–water partition coefficient (Wildman–Crippen LogP) is 1.34. The molecule has 0 amide bonds. The molecular weight excluding hydrogens is 98.1 g/mol. The Bertz CT molecular complexity index is 72.5.